The summed E-state index contributed by atoms with van der Waals surface area (Å²) in [5.41, 5.74) is 3.42. The van der Waals surface area contributed by atoms with E-state index in [-0.39, 0.29) is 18.4 Å². The average Bonchev–Trinajstić information content (AvgIpc) is 3.26. The lowest BCUT2D eigenvalue weighted by molar-refractivity contribution is -0.118. The third-order valence-corrected chi connectivity index (χ3v) is 5.74. The van der Waals surface area contributed by atoms with Crippen molar-refractivity contribution in [2.45, 2.75) is 25.8 Å². The van der Waals surface area contributed by atoms with Gasteiger partial charge in [0.1, 0.15) is 0 Å². The summed E-state index contributed by atoms with van der Waals surface area (Å²) in [6.45, 7) is 2.05. The van der Waals surface area contributed by atoms with Gasteiger partial charge in [0, 0.05) is 27.8 Å². The van der Waals surface area contributed by atoms with Gasteiger partial charge in [0.25, 0.3) is 0 Å². The fourth-order valence-corrected chi connectivity index (χ4v) is 4.26. The lowest BCUT2D eigenvalue weighted by Crippen LogP contribution is -2.36. The minimum absolute atomic E-state index is 0.00455. The second-order valence-corrected chi connectivity index (χ2v) is 8.15. The van der Waals surface area contributed by atoms with Gasteiger partial charge in [0.05, 0.1) is 12.1 Å². The number of nitrogens with one attached hydrogen (secondary N) is 2. The molecule has 1 aromatic heterocycles. The van der Waals surface area contributed by atoms with Crippen molar-refractivity contribution in [2.75, 3.05) is 15.5 Å². The van der Waals surface area contributed by atoms with Crippen molar-refractivity contribution in [1.29, 1.82) is 0 Å². The Morgan fingerprint density at radius 3 is 2.72 bits per heavy atom. The van der Waals surface area contributed by atoms with Gasteiger partial charge in [0.2, 0.25) is 5.91 Å². The van der Waals surface area contributed by atoms with Crippen LogP contribution in [0.1, 0.15) is 18.2 Å². The van der Waals surface area contributed by atoms with Crippen LogP contribution in [0, 0.1) is 0 Å². The molecule has 0 saturated heterocycles. The minimum atomic E-state index is -0.401. The third kappa shape index (κ3) is 4.41. The molecule has 0 saturated carbocycles. The molecular weight excluding hydrogens is 408 g/mol. The first kappa shape index (κ1) is 19.4. The van der Waals surface area contributed by atoms with E-state index in [0.29, 0.717) is 21.5 Å². The van der Waals surface area contributed by atoms with Gasteiger partial charge in [-0.05, 0) is 49.2 Å². The number of hydrogen-bond acceptors (Lipinski definition) is 4. The summed E-state index contributed by atoms with van der Waals surface area (Å²) in [7, 11) is 0. The number of nitrogens with zero attached hydrogens (tertiary/aromatic N) is 2. The first-order chi connectivity index (χ1) is 14.0. The van der Waals surface area contributed by atoms with Crippen LogP contribution in [0.15, 0.2) is 53.9 Å². The normalized spacial score (nSPS) is 15.1. The van der Waals surface area contributed by atoms with E-state index in [9.17, 15) is 9.59 Å². The molecule has 6 nitrogen and oxygen atoms in total. The second kappa shape index (κ2) is 8.23. The van der Waals surface area contributed by atoms with Gasteiger partial charge in [-0.3, -0.25) is 10.1 Å². The molecule has 1 aliphatic heterocycles. The van der Waals surface area contributed by atoms with Gasteiger partial charge >= 0.3 is 6.03 Å². The molecule has 1 atom stereocenters. The quantitative estimate of drug-likeness (QED) is 0.619. The zero-order chi connectivity index (χ0) is 20.4. The molecule has 2 N–H and O–H groups in total. The van der Waals surface area contributed by atoms with Crippen LogP contribution in [0.5, 0.6) is 0 Å². The highest BCUT2D eigenvalue weighted by Crippen LogP contribution is 2.32. The molecular formula is C21H19ClN4O2S. The first-order valence-electron chi connectivity index (χ1n) is 9.17. The number of anilines is 3. The van der Waals surface area contributed by atoms with Crippen molar-refractivity contribution in [1.82, 2.24) is 4.98 Å². The van der Waals surface area contributed by atoms with Crippen molar-refractivity contribution in [3.8, 4) is 0 Å². The number of rotatable bonds is 4. The Morgan fingerprint density at radius 2 is 1.93 bits per heavy atom. The van der Waals surface area contributed by atoms with Crippen molar-refractivity contribution in [3.63, 3.8) is 0 Å². The number of fused-ring (bicyclic) bond motifs is 1. The number of aromatic nitrogens is 1. The molecule has 0 radical (unpaired) electrons. The smallest absolute Gasteiger partial charge is 0.309 e. The van der Waals surface area contributed by atoms with E-state index in [4.69, 9.17) is 11.6 Å². The van der Waals surface area contributed by atoms with Crippen LogP contribution in [-0.2, 0) is 17.6 Å². The minimum Gasteiger partial charge on any atom is -0.309 e. The van der Waals surface area contributed by atoms with E-state index >= 15 is 0 Å². The number of urea groups is 1. The number of thiazole rings is 1. The summed E-state index contributed by atoms with van der Waals surface area (Å²) >= 11 is 7.13. The van der Waals surface area contributed by atoms with E-state index in [1.807, 2.05) is 30.0 Å². The molecule has 29 heavy (non-hydrogen) atoms. The van der Waals surface area contributed by atoms with Gasteiger partial charge in [-0.25, -0.2) is 9.78 Å². The molecule has 4 rings (SSSR count). The predicted molar refractivity (Wildman–Crippen MR) is 117 cm³/mol. The molecule has 8 heteroatoms. The summed E-state index contributed by atoms with van der Waals surface area (Å²) in [6.07, 6.45) is 1.05. The molecule has 3 aromatic rings. The summed E-state index contributed by atoms with van der Waals surface area (Å²) in [4.78, 5) is 31.2. The molecule has 2 aromatic carbocycles. The highest BCUT2D eigenvalue weighted by atomic mass is 35.5. The van der Waals surface area contributed by atoms with Gasteiger partial charge in [-0.1, -0.05) is 29.8 Å². The summed E-state index contributed by atoms with van der Waals surface area (Å²) in [5.74, 6) is 0.00455. The van der Waals surface area contributed by atoms with Crippen LogP contribution in [0.4, 0.5) is 21.3 Å². The first-order valence-corrected chi connectivity index (χ1v) is 10.4. The van der Waals surface area contributed by atoms with E-state index in [1.165, 1.54) is 16.9 Å². The Morgan fingerprint density at radius 1 is 1.17 bits per heavy atom. The van der Waals surface area contributed by atoms with Gasteiger partial charge in [0.15, 0.2) is 5.13 Å². The summed E-state index contributed by atoms with van der Waals surface area (Å²) in [6, 6.07) is 14.5. The van der Waals surface area contributed by atoms with Crippen LogP contribution in [0.2, 0.25) is 5.02 Å². The molecule has 3 amide bonds. The van der Waals surface area contributed by atoms with Crippen LogP contribution in [0.3, 0.4) is 0 Å². The molecule has 148 valence electrons. The molecule has 0 aliphatic carbocycles. The van der Waals surface area contributed by atoms with Crippen molar-refractivity contribution < 1.29 is 9.59 Å². The number of para-hydroxylation sites is 1. The van der Waals surface area contributed by atoms with Gasteiger partial charge < -0.3 is 10.2 Å². The highest BCUT2D eigenvalue weighted by Gasteiger charge is 2.30. The number of hydrogen-bond donors (Lipinski definition) is 2. The third-order valence-electron chi connectivity index (χ3n) is 4.68. The Hall–Kier alpha value is -2.90. The fourth-order valence-electron chi connectivity index (χ4n) is 3.42. The maximum absolute atomic E-state index is 12.9. The average molecular weight is 427 g/mol. The highest BCUT2D eigenvalue weighted by molar-refractivity contribution is 7.14. The number of halogens is 1. The van der Waals surface area contributed by atoms with E-state index in [1.54, 1.807) is 29.6 Å². The predicted octanol–water partition coefficient (Wildman–Crippen LogP) is 4.96. The standard InChI is InChI=1S/C21H19ClN4O2S/c1-13-10-14-4-2-3-5-18(14)26(13)19(27)11-17-12-29-21(24-17)25-20(28)23-16-8-6-15(22)7-9-16/h2-9,12-13H,10-11H2,1H3,(H2,23,24,25,28). The molecule has 0 bridgehead atoms. The molecule has 1 aliphatic rings. The molecule has 0 fully saturated rings. The van der Waals surface area contributed by atoms with Crippen LogP contribution >= 0.6 is 22.9 Å². The Labute approximate surface area is 177 Å². The van der Waals surface area contributed by atoms with Crippen molar-refractivity contribution in [3.05, 3.63) is 70.2 Å². The summed E-state index contributed by atoms with van der Waals surface area (Å²) in [5, 5.41) is 8.23. The van der Waals surface area contributed by atoms with Gasteiger partial charge in [-0.15, -0.1) is 11.3 Å². The SMILES string of the molecule is CC1Cc2ccccc2N1C(=O)Cc1csc(NC(=O)Nc2ccc(Cl)cc2)n1. The Bertz CT molecular complexity index is 1050. The van der Waals surface area contributed by atoms with Crippen LogP contribution in [-0.4, -0.2) is 23.0 Å². The second-order valence-electron chi connectivity index (χ2n) is 6.85. The summed E-state index contributed by atoms with van der Waals surface area (Å²) < 4.78 is 0. The molecule has 1 unspecified atom stereocenters. The van der Waals surface area contributed by atoms with Crippen molar-refractivity contribution in [2.24, 2.45) is 0 Å². The number of carbonyl (C=O) groups is 2. The largest absolute Gasteiger partial charge is 0.325 e. The monoisotopic (exact) mass is 426 g/mol. The zero-order valence-corrected chi connectivity index (χ0v) is 17.3. The lowest BCUT2D eigenvalue weighted by Gasteiger charge is -2.22. The number of amides is 3. The van der Waals surface area contributed by atoms with Gasteiger partial charge in [-0.2, -0.15) is 0 Å². The van der Waals surface area contributed by atoms with E-state index in [0.717, 1.165) is 12.1 Å². The maximum atomic E-state index is 12.9. The van der Waals surface area contributed by atoms with E-state index in [2.05, 4.69) is 21.7 Å². The molecule has 0 spiro atoms. The number of carbonyl (C=O) groups excluding carboxylic acids is 2. The Balaban J connectivity index is 1.37. The fraction of sp³-hybridized carbons (Fsp3) is 0.190. The number of benzene rings is 2. The van der Waals surface area contributed by atoms with Crippen LogP contribution < -0.4 is 15.5 Å². The lowest BCUT2D eigenvalue weighted by atomic mass is 10.1. The zero-order valence-electron chi connectivity index (χ0n) is 15.7. The van der Waals surface area contributed by atoms with E-state index < -0.39 is 6.03 Å². The topological polar surface area (TPSA) is 74.3 Å². The van der Waals surface area contributed by atoms with Crippen LogP contribution in [0.25, 0.3) is 0 Å². The Kier molecular flexibility index (Phi) is 5.51. The maximum Gasteiger partial charge on any atom is 0.325 e. The van der Waals surface area contributed by atoms with Crippen molar-refractivity contribution >= 4 is 51.4 Å². The molecule has 2 heterocycles.